The molecule has 0 aliphatic heterocycles. The van der Waals surface area contributed by atoms with Crippen LogP contribution in [0.3, 0.4) is 0 Å². The highest BCUT2D eigenvalue weighted by Crippen LogP contribution is 2.75. The van der Waals surface area contributed by atoms with Gasteiger partial charge in [-0.25, -0.2) is 4.98 Å². The van der Waals surface area contributed by atoms with Gasteiger partial charge in [-0.3, -0.25) is 4.57 Å². The Kier molecular flexibility index (Phi) is 12.0. The van der Waals surface area contributed by atoms with Crippen molar-refractivity contribution < 1.29 is 0 Å². The number of aromatic nitrogens is 4. The number of hydrogen-bond acceptors (Lipinski definition) is 3. The molecule has 13 aromatic rings. The largest absolute Gasteiger partial charge is 0.278 e. The lowest BCUT2D eigenvalue weighted by Gasteiger charge is -2.42. The van der Waals surface area contributed by atoms with Crippen LogP contribution in [0.2, 0.25) is 0 Å². The molecule has 0 aliphatic rings. The Hall–Kier alpha value is -9.07. The molecule has 2 heterocycles. The van der Waals surface area contributed by atoms with Crippen LogP contribution in [0.15, 0.2) is 342 Å². The van der Waals surface area contributed by atoms with E-state index in [1.807, 2.05) is 0 Å². The minimum atomic E-state index is -2.02. The number of para-hydroxylation sites is 1. The molecule has 0 saturated carbocycles. The van der Waals surface area contributed by atoms with Gasteiger partial charge in [0.25, 0.3) is 0 Å². The Balaban J connectivity index is 1.08. The first kappa shape index (κ1) is 45.8. The zero-order chi connectivity index (χ0) is 50.0. The van der Waals surface area contributed by atoms with Crippen LogP contribution >= 0.6 is 20.1 Å². The Labute approximate surface area is 441 Å². The van der Waals surface area contributed by atoms with Gasteiger partial charge in [0.1, 0.15) is 0 Å². The summed E-state index contributed by atoms with van der Waals surface area (Å²) in [6.45, 7) is 0. The summed E-state index contributed by atoms with van der Waals surface area (Å²) in [5.41, 5.74) is 6.16. The van der Waals surface area contributed by atoms with Gasteiger partial charge in [0.15, 0.2) is 11.6 Å². The van der Waals surface area contributed by atoms with Crippen molar-refractivity contribution in [1.29, 1.82) is 0 Å². The quantitative estimate of drug-likeness (QED) is 0.122. The molecule has 4 nitrogen and oxygen atoms in total. The van der Waals surface area contributed by atoms with E-state index in [4.69, 9.17) is 15.0 Å². The van der Waals surface area contributed by atoms with Crippen LogP contribution in [0.25, 0.3) is 61.7 Å². The van der Waals surface area contributed by atoms with Gasteiger partial charge in [0.05, 0.1) is 11.0 Å². The molecule has 2 aromatic heterocycles. The second-order valence-electron chi connectivity index (χ2n) is 18.4. The van der Waals surface area contributed by atoms with E-state index in [0.29, 0.717) is 17.6 Å². The SMILES string of the molecule is c1ccc(-c2ccc3c(c2)c2ccccc2n3-c2nc(-c3cccc(S(c4ccccc4)(c4ccccc4)c4ccccc4)c3)nc(-c3cccc(S(c4ccccc4)(c4ccccc4)c4ccccc4)c3)n2)cc1. The summed E-state index contributed by atoms with van der Waals surface area (Å²) >= 11 is 0. The number of rotatable bonds is 12. The maximum absolute atomic E-state index is 5.56. The second kappa shape index (κ2) is 19.7. The Morgan fingerprint density at radius 1 is 0.227 bits per heavy atom. The molecule has 0 spiro atoms. The fourth-order valence-electron chi connectivity index (χ4n) is 10.8. The molecule has 0 amide bonds. The second-order valence-corrected chi connectivity index (χ2v) is 24.6. The standard InChI is InChI=1S/C69H50N4S2/c1-8-26-51(27-9-1)52-46-47-66-64(50-52)63-44-22-23-45-65(63)73(66)69-71-67(53-28-24-42-61(48-53)74(55-30-10-2-11-31-55,56-32-12-3-13-33-56)57-34-14-4-15-35-57)70-68(72-69)54-29-25-43-62(49-54)75(58-36-16-5-17-37-58,59-38-18-6-19-39-59)60-40-20-7-21-41-60/h1-50H. The third-order valence-corrected chi connectivity index (χ3v) is 21.9. The van der Waals surface area contributed by atoms with Crippen molar-refractivity contribution in [3.05, 3.63) is 303 Å². The monoisotopic (exact) mass is 998 g/mol. The highest BCUT2D eigenvalue weighted by molar-refractivity contribution is 8.34. The number of hydrogen-bond donors (Lipinski definition) is 0. The van der Waals surface area contributed by atoms with Gasteiger partial charge in [-0.05, 0) is 126 Å². The molecule has 0 aliphatic carbocycles. The number of benzene rings is 11. The summed E-state index contributed by atoms with van der Waals surface area (Å²) in [6.07, 6.45) is 0. The zero-order valence-electron chi connectivity index (χ0n) is 41.0. The lowest BCUT2D eigenvalue weighted by atomic mass is 10.0. The maximum atomic E-state index is 5.56. The maximum Gasteiger partial charge on any atom is 0.238 e. The fourth-order valence-corrected chi connectivity index (χ4v) is 18.6. The minimum Gasteiger partial charge on any atom is -0.278 e. The first-order valence-corrected chi connectivity index (χ1v) is 28.5. The Morgan fingerprint density at radius 2 is 0.560 bits per heavy atom. The molecule has 0 saturated heterocycles. The first-order valence-electron chi connectivity index (χ1n) is 25.2. The van der Waals surface area contributed by atoms with Crippen LogP contribution in [0, 0.1) is 0 Å². The topological polar surface area (TPSA) is 43.6 Å². The van der Waals surface area contributed by atoms with E-state index in [1.54, 1.807) is 0 Å². The van der Waals surface area contributed by atoms with Crippen molar-refractivity contribution in [2.24, 2.45) is 0 Å². The van der Waals surface area contributed by atoms with Gasteiger partial charge in [-0.1, -0.05) is 188 Å². The molecule has 13 rings (SSSR count). The summed E-state index contributed by atoms with van der Waals surface area (Å²) in [5, 5.41) is 2.25. The molecule has 0 bridgehead atoms. The van der Waals surface area contributed by atoms with Gasteiger partial charge >= 0.3 is 0 Å². The van der Waals surface area contributed by atoms with Crippen LogP contribution in [0.5, 0.6) is 0 Å². The molecule has 0 fully saturated rings. The molecular formula is C69H50N4S2. The number of fused-ring (bicyclic) bond motifs is 3. The highest BCUT2D eigenvalue weighted by atomic mass is 32.3. The van der Waals surface area contributed by atoms with Crippen LogP contribution in [-0.2, 0) is 0 Å². The fraction of sp³-hybridized carbons (Fsp3) is 0. The molecule has 0 atom stereocenters. The van der Waals surface area contributed by atoms with E-state index in [1.165, 1.54) is 44.7 Å². The van der Waals surface area contributed by atoms with E-state index >= 15 is 0 Å². The summed E-state index contributed by atoms with van der Waals surface area (Å²) < 4.78 is 2.22. The molecule has 75 heavy (non-hydrogen) atoms. The zero-order valence-corrected chi connectivity index (χ0v) is 42.6. The summed E-state index contributed by atoms with van der Waals surface area (Å²) in [7, 11) is -4.03. The average molecular weight is 999 g/mol. The lowest BCUT2D eigenvalue weighted by molar-refractivity contribution is 0.952. The first-order chi connectivity index (χ1) is 37.2. The van der Waals surface area contributed by atoms with Gasteiger partial charge < -0.3 is 0 Å². The summed E-state index contributed by atoms with van der Waals surface area (Å²) in [4.78, 5) is 26.5. The van der Waals surface area contributed by atoms with Gasteiger partial charge in [-0.15, -0.1) is 20.1 Å². The van der Waals surface area contributed by atoms with Crippen LogP contribution in [0.1, 0.15) is 0 Å². The smallest absolute Gasteiger partial charge is 0.238 e. The third kappa shape index (κ3) is 8.03. The van der Waals surface area contributed by atoms with Gasteiger partial charge in [-0.2, -0.15) is 9.97 Å². The lowest BCUT2D eigenvalue weighted by Crippen LogP contribution is -2.08. The van der Waals surface area contributed by atoms with Crippen molar-refractivity contribution in [2.75, 3.05) is 0 Å². The van der Waals surface area contributed by atoms with Crippen molar-refractivity contribution in [3.63, 3.8) is 0 Å². The summed E-state index contributed by atoms with van der Waals surface area (Å²) in [6, 6.07) is 110. The summed E-state index contributed by atoms with van der Waals surface area (Å²) in [5.74, 6) is 1.72. The Bertz CT molecular complexity index is 3720. The van der Waals surface area contributed by atoms with Gasteiger partial charge in [0, 0.05) is 61.1 Å². The molecule has 0 unspecified atom stereocenters. The Morgan fingerprint density at radius 3 is 0.973 bits per heavy atom. The predicted octanol–water partition coefficient (Wildman–Crippen LogP) is 18.7. The molecule has 0 radical (unpaired) electrons. The molecular weight excluding hydrogens is 949 g/mol. The van der Waals surface area contributed by atoms with Crippen LogP contribution < -0.4 is 0 Å². The molecule has 0 N–H and O–H groups in total. The minimum absolute atomic E-state index is 0.546. The third-order valence-electron chi connectivity index (χ3n) is 14.1. The van der Waals surface area contributed by atoms with E-state index < -0.39 is 20.1 Å². The van der Waals surface area contributed by atoms with E-state index in [2.05, 4.69) is 308 Å². The van der Waals surface area contributed by atoms with Gasteiger partial charge in [0.2, 0.25) is 5.95 Å². The average Bonchev–Trinajstić information content (AvgIpc) is 3.83. The van der Waals surface area contributed by atoms with E-state index in [-0.39, 0.29) is 0 Å². The van der Waals surface area contributed by atoms with Crippen LogP contribution in [-0.4, -0.2) is 19.5 Å². The normalized spacial score (nSPS) is 12.2. The molecule has 6 heteroatoms. The molecule has 11 aromatic carbocycles. The van der Waals surface area contributed by atoms with E-state index in [0.717, 1.165) is 38.5 Å². The highest BCUT2D eigenvalue weighted by Gasteiger charge is 2.35. The molecule has 358 valence electrons. The van der Waals surface area contributed by atoms with Crippen LogP contribution in [0.4, 0.5) is 0 Å². The number of nitrogens with zero attached hydrogens (tertiary/aromatic N) is 4. The van der Waals surface area contributed by atoms with Crippen molar-refractivity contribution in [2.45, 2.75) is 39.2 Å². The van der Waals surface area contributed by atoms with Crippen molar-refractivity contribution >= 4 is 41.9 Å². The van der Waals surface area contributed by atoms with Crippen molar-refractivity contribution in [3.8, 4) is 39.9 Å². The van der Waals surface area contributed by atoms with Crippen molar-refractivity contribution in [1.82, 2.24) is 19.5 Å². The van der Waals surface area contributed by atoms with E-state index in [9.17, 15) is 0 Å². The predicted molar refractivity (Wildman–Crippen MR) is 310 cm³/mol.